The van der Waals surface area contributed by atoms with Gasteiger partial charge in [-0.2, -0.15) is 0 Å². The first-order valence-corrected chi connectivity index (χ1v) is 2.59. The van der Waals surface area contributed by atoms with Crippen LogP contribution >= 0.6 is 15.9 Å². The molecule has 0 aliphatic rings. The first-order chi connectivity index (χ1) is 3.30. The van der Waals surface area contributed by atoms with Gasteiger partial charge < -0.3 is 4.52 Å². The number of rotatable bonds is 0. The van der Waals surface area contributed by atoms with Crippen molar-refractivity contribution in [2.45, 2.75) is 6.92 Å². The number of halogens is 1. The van der Waals surface area contributed by atoms with E-state index in [1.807, 2.05) is 6.92 Å². The van der Waals surface area contributed by atoms with Crippen LogP contribution in [0.3, 0.4) is 0 Å². The molecule has 0 fully saturated rings. The zero-order valence-corrected chi connectivity index (χ0v) is 5.32. The summed E-state index contributed by atoms with van der Waals surface area (Å²) in [6, 6.07) is 0. The van der Waals surface area contributed by atoms with Gasteiger partial charge >= 0.3 is 0 Å². The highest BCUT2D eigenvalue weighted by Gasteiger charge is 1.94. The van der Waals surface area contributed by atoms with Crippen LogP contribution < -0.4 is 0 Å². The van der Waals surface area contributed by atoms with Crippen molar-refractivity contribution in [3.05, 3.63) is 16.4 Å². The maximum Gasteiger partial charge on any atom is 0.220 e. The number of nitrogens with zero attached hydrogens (tertiary/aromatic N) is 1. The Bertz CT molecular complexity index is 144. The lowest BCUT2D eigenvalue weighted by Gasteiger charge is -1.70. The summed E-state index contributed by atoms with van der Waals surface area (Å²) < 4.78 is 5.22. The first-order valence-electron chi connectivity index (χ1n) is 1.80. The minimum absolute atomic E-state index is 0.799. The molecule has 0 N–H and O–H groups in total. The van der Waals surface area contributed by atoms with Gasteiger partial charge in [-0.15, -0.1) is 0 Å². The molecule has 1 aromatic rings. The molecule has 0 spiro atoms. The van der Waals surface area contributed by atoms with E-state index >= 15 is 0 Å². The smallest absolute Gasteiger partial charge is 0.220 e. The van der Waals surface area contributed by atoms with Crippen LogP contribution in [0.25, 0.3) is 0 Å². The van der Waals surface area contributed by atoms with Gasteiger partial charge in [-0.05, 0) is 22.9 Å². The molecule has 37 valence electrons. The van der Waals surface area contributed by atoms with Crippen LogP contribution in [0, 0.1) is 13.2 Å². The largest absolute Gasteiger partial charge is 0.351 e. The van der Waals surface area contributed by atoms with Gasteiger partial charge in [0.05, 0.1) is 10.2 Å². The van der Waals surface area contributed by atoms with Crippen LogP contribution in [0.5, 0.6) is 0 Å². The van der Waals surface area contributed by atoms with Crippen LogP contribution in [0.15, 0.2) is 9.00 Å². The fourth-order valence-corrected chi connectivity index (χ4v) is 0.390. The molecule has 3 heteroatoms. The van der Waals surface area contributed by atoms with E-state index < -0.39 is 0 Å². The predicted octanol–water partition coefficient (Wildman–Crippen LogP) is 1.55. The van der Waals surface area contributed by atoms with E-state index in [-0.39, 0.29) is 0 Å². The molecule has 0 aliphatic heterocycles. The Morgan fingerprint density at radius 1 is 1.86 bits per heavy atom. The van der Waals surface area contributed by atoms with E-state index in [1.54, 1.807) is 0 Å². The molecule has 0 saturated heterocycles. The lowest BCUT2D eigenvalue weighted by atomic mass is 10.5. The Balaban J connectivity index is 3.12. The van der Waals surface area contributed by atoms with Gasteiger partial charge in [0.15, 0.2) is 0 Å². The monoisotopic (exact) mass is 160 g/mol. The molecule has 1 heterocycles. The third kappa shape index (κ3) is 0.825. The molecule has 0 aromatic carbocycles. The minimum Gasteiger partial charge on any atom is -0.351 e. The van der Waals surface area contributed by atoms with Crippen molar-refractivity contribution < 1.29 is 4.52 Å². The number of aromatic nitrogens is 1. The third-order valence-corrected chi connectivity index (χ3v) is 1.37. The van der Waals surface area contributed by atoms with Crippen LogP contribution in [-0.2, 0) is 0 Å². The molecule has 1 aromatic heterocycles. The SMILES string of the molecule is Cc1no[c]c1Br. The zero-order valence-electron chi connectivity index (χ0n) is 3.73. The van der Waals surface area contributed by atoms with Crippen LogP contribution in [0.1, 0.15) is 5.69 Å². The van der Waals surface area contributed by atoms with E-state index in [0.717, 1.165) is 10.2 Å². The number of aryl methyl sites for hydroxylation is 1. The molecule has 0 aliphatic carbocycles. The van der Waals surface area contributed by atoms with Gasteiger partial charge in [0.1, 0.15) is 0 Å². The van der Waals surface area contributed by atoms with Crippen molar-refractivity contribution in [1.29, 1.82) is 0 Å². The molecule has 0 saturated carbocycles. The normalized spacial score (nSPS) is 9.43. The van der Waals surface area contributed by atoms with Crippen molar-refractivity contribution in [2.75, 3.05) is 0 Å². The van der Waals surface area contributed by atoms with Gasteiger partial charge in [-0.1, -0.05) is 5.16 Å². The van der Waals surface area contributed by atoms with E-state index in [4.69, 9.17) is 0 Å². The van der Waals surface area contributed by atoms with Crippen molar-refractivity contribution in [3.8, 4) is 0 Å². The summed E-state index contributed by atoms with van der Waals surface area (Å²) in [6.07, 6.45) is 2.50. The Morgan fingerprint density at radius 3 is 2.71 bits per heavy atom. The number of hydrogen-bond acceptors (Lipinski definition) is 2. The van der Waals surface area contributed by atoms with Crippen LogP contribution in [0.2, 0.25) is 0 Å². The van der Waals surface area contributed by atoms with Gasteiger partial charge in [0.2, 0.25) is 6.26 Å². The van der Waals surface area contributed by atoms with Crippen molar-refractivity contribution >= 4 is 15.9 Å². The summed E-state index contributed by atoms with van der Waals surface area (Å²) in [5.74, 6) is 0. The third-order valence-electron chi connectivity index (χ3n) is 0.635. The quantitative estimate of drug-likeness (QED) is 0.576. The Morgan fingerprint density at radius 2 is 2.57 bits per heavy atom. The summed E-state index contributed by atoms with van der Waals surface area (Å²) in [4.78, 5) is 0. The topological polar surface area (TPSA) is 26.0 Å². The second kappa shape index (κ2) is 1.66. The van der Waals surface area contributed by atoms with Crippen LogP contribution in [0.4, 0.5) is 0 Å². The fourth-order valence-electron chi connectivity index (χ4n) is 0.245. The molecule has 2 nitrogen and oxygen atoms in total. The molecule has 7 heavy (non-hydrogen) atoms. The molecule has 1 rings (SSSR count). The summed E-state index contributed by atoms with van der Waals surface area (Å²) >= 11 is 3.15. The van der Waals surface area contributed by atoms with Crippen LogP contribution in [-0.4, -0.2) is 5.16 Å². The van der Waals surface area contributed by atoms with Gasteiger partial charge in [0.25, 0.3) is 0 Å². The average molecular weight is 161 g/mol. The van der Waals surface area contributed by atoms with Crippen molar-refractivity contribution in [3.63, 3.8) is 0 Å². The lowest BCUT2D eigenvalue weighted by molar-refractivity contribution is 0.408. The maximum atomic E-state index is 4.42. The maximum absolute atomic E-state index is 4.42. The van der Waals surface area contributed by atoms with Gasteiger partial charge in [0, 0.05) is 0 Å². The summed E-state index contributed by atoms with van der Waals surface area (Å²) in [5.41, 5.74) is 0.833. The van der Waals surface area contributed by atoms with Crippen molar-refractivity contribution in [2.24, 2.45) is 0 Å². The molecule has 0 atom stereocenters. The minimum atomic E-state index is 0.799. The van der Waals surface area contributed by atoms with E-state index in [9.17, 15) is 0 Å². The van der Waals surface area contributed by atoms with E-state index in [1.165, 1.54) is 0 Å². The lowest BCUT2D eigenvalue weighted by Crippen LogP contribution is -1.64. The molecule has 0 bridgehead atoms. The zero-order chi connectivity index (χ0) is 5.28. The van der Waals surface area contributed by atoms with Gasteiger partial charge in [-0.3, -0.25) is 0 Å². The molecular weight excluding hydrogens is 158 g/mol. The molecular formula is C4H3BrNO. The van der Waals surface area contributed by atoms with E-state index in [0.29, 0.717) is 0 Å². The fraction of sp³-hybridized carbons (Fsp3) is 0.250. The number of hydrogen-bond donors (Lipinski definition) is 0. The highest BCUT2D eigenvalue weighted by molar-refractivity contribution is 9.10. The molecule has 1 radical (unpaired) electrons. The highest BCUT2D eigenvalue weighted by Crippen LogP contribution is 2.10. The first kappa shape index (κ1) is 4.84. The Labute approximate surface area is 49.6 Å². The second-order valence-corrected chi connectivity index (χ2v) is 1.98. The van der Waals surface area contributed by atoms with Crippen molar-refractivity contribution in [1.82, 2.24) is 5.16 Å². The summed E-state index contributed by atoms with van der Waals surface area (Å²) in [6.45, 7) is 1.84. The summed E-state index contributed by atoms with van der Waals surface area (Å²) in [5, 5.41) is 3.54. The average Bonchev–Trinajstić information content (AvgIpc) is 1.91. The standard InChI is InChI=1S/C4H3BrNO/c1-3-4(5)2-7-6-3/h1H3. The van der Waals surface area contributed by atoms with E-state index in [2.05, 4.69) is 31.9 Å². The molecule has 0 unspecified atom stereocenters. The highest BCUT2D eigenvalue weighted by atomic mass is 79.9. The predicted molar refractivity (Wildman–Crippen MR) is 27.8 cm³/mol. The second-order valence-electron chi connectivity index (χ2n) is 1.18. The summed E-state index contributed by atoms with van der Waals surface area (Å²) in [7, 11) is 0. The Hall–Kier alpha value is -0.310. The van der Waals surface area contributed by atoms with Gasteiger partial charge in [-0.25, -0.2) is 0 Å². The Kier molecular flexibility index (Phi) is 1.15. The molecule has 0 amide bonds.